The van der Waals surface area contributed by atoms with Gasteiger partial charge in [-0.1, -0.05) is 65.8 Å². The molecular formula is C21H19N3O2. The normalized spacial score (nSPS) is 15.8. The van der Waals surface area contributed by atoms with Crippen LogP contribution in [0.15, 0.2) is 83.3 Å². The van der Waals surface area contributed by atoms with E-state index in [-0.39, 0.29) is 5.92 Å². The average molecular weight is 345 g/mol. The molecule has 0 saturated carbocycles. The Kier molecular flexibility index (Phi) is 4.78. The van der Waals surface area contributed by atoms with Crippen molar-refractivity contribution in [2.24, 2.45) is 0 Å². The monoisotopic (exact) mass is 345 g/mol. The van der Waals surface area contributed by atoms with Gasteiger partial charge in [-0.3, -0.25) is 0 Å². The summed E-state index contributed by atoms with van der Waals surface area (Å²) in [7, 11) is 0. The zero-order chi connectivity index (χ0) is 17.6. The van der Waals surface area contributed by atoms with Crippen molar-refractivity contribution in [1.82, 2.24) is 10.2 Å². The van der Waals surface area contributed by atoms with E-state index in [1.54, 1.807) is 0 Å². The van der Waals surface area contributed by atoms with Gasteiger partial charge in [0, 0.05) is 11.8 Å². The Balaban J connectivity index is 1.40. The molecule has 0 saturated heterocycles. The second-order valence-corrected chi connectivity index (χ2v) is 6.03. The number of ether oxygens (including phenoxy) is 1. The van der Waals surface area contributed by atoms with Crippen LogP contribution in [0.1, 0.15) is 23.8 Å². The Labute approximate surface area is 152 Å². The van der Waals surface area contributed by atoms with Crippen LogP contribution in [-0.2, 0) is 6.61 Å². The fraction of sp³-hybridized carbons (Fsp3) is 0.143. The summed E-state index contributed by atoms with van der Waals surface area (Å²) >= 11 is 0. The highest BCUT2D eigenvalue weighted by atomic mass is 16.5. The van der Waals surface area contributed by atoms with E-state index in [0.29, 0.717) is 18.5 Å². The third-order valence-electron chi connectivity index (χ3n) is 4.07. The van der Waals surface area contributed by atoms with Crippen molar-refractivity contribution in [2.75, 3.05) is 5.32 Å². The van der Waals surface area contributed by atoms with Gasteiger partial charge in [-0.25, -0.2) is 0 Å². The van der Waals surface area contributed by atoms with Crippen molar-refractivity contribution in [3.63, 3.8) is 0 Å². The van der Waals surface area contributed by atoms with Crippen LogP contribution >= 0.6 is 0 Å². The lowest BCUT2D eigenvalue weighted by Crippen LogP contribution is -1.96. The molecule has 0 fully saturated rings. The Morgan fingerprint density at radius 2 is 1.96 bits per heavy atom. The smallest absolute Gasteiger partial charge is 0.320 e. The molecule has 1 aliphatic rings. The minimum Gasteiger partial charge on any atom is -0.489 e. The Bertz CT molecular complexity index is 916. The molecule has 1 N–H and O–H groups in total. The Morgan fingerprint density at radius 3 is 2.81 bits per heavy atom. The van der Waals surface area contributed by atoms with Crippen LogP contribution in [0.25, 0.3) is 0 Å². The maximum Gasteiger partial charge on any atom is 0.320 e. The summed E-state index contributed by atoms with van der Waals surface area (Å²) in [4.78, 5) is 0. The second-order valence-electron chi connectivity index (χ2n) is 6.03. The molecule has 5 heteroatoms. The van der Waals surface area contributed by atoms with Gasteiger partial charge in [0.25, 0.3) is 0 Å². The van der Waals surface area contributed by atoms with Crippen molar-refractivity contribution in [2.45, 2.75) is 18.9 Å². The van der Waals surface area contributed by atoms with Gasteiger partial charge in [-0.2, -0.15) is 0 Å². The topological polar surface area (TPSA) is 60.2 Å². The molecule has 5 nitrogen and oxygen atoms in total. The number of benzene rings is 2. The molecule has 2 aromatic carbocycles. The van der Waals surface area contributed by atoms with Crippen LogP contribution in [0.3, 0.4) is 0 Å². The van der Waals surface area contributed by atoms with E-state index in [1.807, 2.05) is 66.7 Å². The standard InChI is InChI=1S/C21H19N3O2/c1-3-8-16(9-4-1)15-25-19-13-7-12-18(14-19)22-21-24-23-20(26-21)17-10-5-2-6-11-17/h1-10,12-14,17H,11,15H2,(H,22,24). The van der Waals surface area contributed by atoms with E-state index in [9.17, 15) is 0 Å². The first kappa shape index (κ1) is 16.1. The lowest BCUT2D eigenvalue weighted by molar-refractivity contribution is 0.306. The van der Waals surface area contributed by atoms with Crippen LogP contribution in [0.2, 0.25) is 0 Å². The molecule has 26 heavy (non-hydrogen) atoms. The SMILES string of the molecule is C1=CCC(c2nnc(Nc3cccc(OCc4ccccc4)c3)o2)C=C1. The predicted octanol–water partition coefficient (Wildman–Crippen LogP) is 4.99. The Hall–Kier alpha value is -3.34. The summed E-state index contributed by atoms with van der Waals surface area (Å²) in [6.07, 6.45) is 9.05. The highest BCUT2D eigenvalue weighted by Gasteiger charge is 2.16. The number of hydrogen-bond donors (Lipinski definition) is 1. The Morgan fingerprint density at radius 1 is 1.04 bits per heavy atom. The summed E-state index contributed by atoms with van der Waals surface area (Å²) in [6.45, 7) is 0.524. The molecule has 0 radical (unpaired) electrons. The minimum absolute atomic E-state index is 0.142. The van der Waals surface area contributed by atoms with Crippen LogP contribution in [0.4, 0.5) is 11.7 Å². The summed E-state index contributed by atoms with van der Waals surface area (Å²) in [5, 5.41) is 11.4. The first-order valence-electron chi connectivity index (χ1n) is 8.57. The van der Waals surface area contributed by atoms with Crippen molar-refractivity contribution in [1.29, 1.82) is 0 Å². The molecule has 0 bridgehead atoms. The zero-order valence-corrected chi connectivity index (χ0v) is 14.2. The largest absolute Gasteiger partial charge is 0.489 e. The summed E-state index contributed by atoms with van der Waals surface area (Å²) in [6, 6.07) is 18.1. The van der Waals surface area contributed by atoms with Crippen molar-refractivity contribution in [3.8, 4) is 5.75 Å². The van der Waals surface area contributed by atoms with E-state index >= 15 is 0 Å². The fourth-order valence-corrected chi connectivity index (χ4v) is 2.73. The average Bonchev–Trinajstić information content (AvgIpc) is 3.17. The van der Waals surface area contributed by atoms with Crippen molar-refractivity contribution in [3.05, 3.63) is 90.4 Å². The molecule has 4 rings (SSSR count). The molecule has 1 unspecified atom stereocenters. The van der Waals surface area contributed by atoms with E-state index in [0.717, 1.165) is 23.4 Å². The van der Waals surface area contributed by atoms with Gasteiger partial charge in [0.05, 0.1) is 5.92 Å². The number of aromatic nitrogens is 2. The van der Waals surface area contributed by atoms with Gasteiger partial charge >= 0.3 is 6.01 Å². The molecule has 0 spiro atoms. The molecule has 1 aromatic heterocycles. The van der Waals surface area contributed by atoms with Crippen molar-refractivity contribution < 1.29 is 9.15 Å². The molecule has 0 amide bonds. The lowest BCUT2D eigenvalue weighted by Gasteiger charge is -2.08. The van der Waals surface area contributed by atoms with Crippen LogP contribution in [-0.4, -0.2) is 10.2 Å². The molecule has 3 aromatic rings. The maximum absolute atomic E-state index is 5.85. The first-order chi connectivity index (χ1) is 12.9. The number of rotatable bonds is 6. The van der Waals surface area contributed by atoms with Gasteiger partial charge in [0.15, 0.2) is 0 Å². The third kappa shape index (κ3) is 4.00. The number of nitrogens with zero attached hydrogens (tertiary/aromatic N) is 2. The van der Waals surface area contributed by atoms with Gasteiger partial charge in [-0.15, -0.1) is 5.10 Å². The van der Waals surface area contributed by atoms with Crippen LogP contribution < -0.4 is 10.1 Å². The molecule has 1 heterocycles. The number of allylic oxidation sites excluding steroid dienone is 4. The van der Waals surface area contributed by atoms with Gasteiger partial charge in [0.1, 0.15) is 12.4 Å². The van der Waals surface area contributed by atoms with E-state index in [2.05, 4.69) is 27.7 Å². The van der Waals surface area contributed by atoms with Crippen LogP contribution in [0.5, 0.6) is 5.75 Å². The van der Waals surface area contributed by atoms with Crippen molar-refractivity contribution >= 4 is 11.7 Å². The summed E-state index contributed by atoms with van der Waals surface area (Å²) < 4.78 is 11.6. The number of hydrogen-bond acceptors (Lipinski definition) is 5. The lowest BCUT2D eigenvalue weighted by atomic mass is 10.0. The zero-order valence-electron chi connectivity index (χ0n) is 14.2. The predicted molar refractivity (Wildman–Crippen MR) is 100 cm³/mol. The van der Waals surface area contributed by atoms with E-state index in [4.69, 9.17) is 9.15 Å². The fourth-order valence-electron chi connectivity index (χ4n) is 2.73. The van der Waals surface area contributed by atoms with Gasteiger partial charge in [-0.05, 0) is 24.1 Å². The molecular weight excluding hydrogens is 326 g/mol. The van der Waals surface area contributed by atoms with Gasteiger partial charge < -0.3 is 14.5 Å². The van der Waals surface area contributed by atoms with Gasteiger partial charge in [0.2, 0.25) is 5.89 Å². The van der Waals surface area contributed by atoms with E-state index in [1.165, 1.54) is 0 Å². The van der Waals surface area contributed by atoms with Crippen LogP contribution in [0, 0.1) is 0 Å². The second kappa shape index (κ2) is 7.70. The quantitative estimate of drug-likeness (QED) is 0.682. The maximum atomic E-state index is 5.85. The molecule has 1 atom stereocenters. The minimum atomic E-state index is 0.142. The first-order valence-corrected chi connectivity index (χ1v) is 8.57. The summed E-state index contributed by atoms with van der Waals surface area (Å²) in [5.41, 5.74) is 1.96. The highest BCUT2D eigenvalue weighted by Crippen LogP contribution is 2.26. The number of nitrogens with one attached hydrogen (secondary N) is 1. The number of anilines is 2. The molecule has 0 aliphatic heterocycles. The van der Waals surface area contributed by atoms with E-state index < -0.39 is 0 Å². The molecule has 130 valence electrons. The summed E-state index contributed by atoms with van der Waals surface area (Å²) in [5.74, 6) is 1.53. The molecule has 1 aliphatic carbocycles. The third-order valence-corrected chi connectivity index (χ3v) is 4.07. The highest BCUT2D eigenvalue weighted by molar-refractivity contribution is 5.54.